The standard InChI is InChI=1S/C14H14F2N2O3/c15-13(16)21-11-4-2-1-3-9(11)7-18-12(19)8-17(14(18)20)10-5-6-10/h1-4,10,13H,5-8H2. The molecule has 2 aliphatic rings. The van der Waals surface area contributed by atoms with Crippen LogP contribution in [0.15, 0.2) is 24.3 Å². The predicted octanol–water partition coefficient (Wildman–Crippen LogP) is 2.21. The molecule has 21 heavy (non-hydrogen) atoms. The first-order valence-corrected chi connectivity index (χ1v) is 6.70. The van der Waals surface area contributed by atoms with E-state index in [-0.39, 0.29) is 36.8 Å². The van der Waals surface area contributed by atoms with Crippen LogP contribution in [0.5, 0.6) is 5.75 Å². The minimum atomic E-state index is -2.95. The number of alkyl halides is 2. The Morgan fingerprint density at radius 2 is 1.95 bits per heavy atom. The summed E-state index contributed by atoms with van der Waals surface area (Å²) in [6, 6.07) is 5.97. The second-order valence-corrected chi connectivity index (χ2v) is 5.11. The van der Waals surface area contributed by atoms with Gasteiger partial charge in [0, 0.05) is 11.6 Å². The van der Waals surface area contributed by atoms with Crippen molar-refractivity contribution in [2.24, 2.45) is 0 Å². The van der Waals surface area contributed by atoms with Gasteiger partial charge in [-0.25, -0.2) is 4.79 Å². The third kappa shape index (κ3) is 2.81. The second kappa shape index (κ2) is 5.31. The summed E-state index contributed by atoms with van der Waals surface area (Å²) in [5.74, 6) is -0.322. The maximum Gasteiger partial charge on any atom is 0.387 e. The fourth-order valence-electron chi connectivity index (χ4n) is 2.40. The summed E-state index contributed by atoms with van der Waals surface area (Å²) in [6.07, 6.45) is 1.83. The number of halogens is 2. The van der Waals surface area contributed by atoms with Gasteiger partial charge in [-0.05, 0) is 18.9 Å². The Morgan fingerprint density at radius 3 is 2.62 bits per heavy atom. The number of urea groups is 1. The monoisotopic (exact) mass is 296 g/mol. The zero-order valence-corrected chi connectivity index (χ0v) is 11.2. The van der Waals surface area contributed by atoms with E-state index in [1.165, 1.54) is 6.07 Å². The Balaban J connectivity index is 1.77. The summed E-state index contributed by atoms with van der Waals surface area (Å²) < 4.78 is 29.1. The quantitative estimate of drug-likeness (QED) is 0.783. The van der Waals surface area contributed by atoms with Gasteiger partial charge >= 0.3 is 12.6 Å². The first kappa shape index (κ1) is 13.8. The van der Waals surface area contributed by atoms with Crippen molar-refractivity contribution in [3.05, 3.63) is 29.8 Å². The maximum absolute atomic E-state index is 12.4. The average Bonchev–Trinajstić information content (AvgIpc) is 3.23. The first-order chi connectivity index (χ1) is 10.1. The molecule has 0 atom stereocenters. The van der Waals surface area contributed by atoms with Gasteiger partial charge in [0.2, 0.25) is 0 Å². The molecule has 1 saturated heterocycles. The normalized spacial score (nSPS) is 18.8. The van der Waals surface area contributed by atoms with E-state index in [2.05, 4.69) is 4.74 Å². The van der Waals surface area contributed by atoms with E-state index in [0.29, 0.717) is 5.56 Å². The molecule has 3 rings (SSSR count). The molecule has 0 radical (unpaired) electrons. The number of para-hydroxylation sites is 1. The van der Waals surface area contributed by atoms with Gasteiger partial charge in [-0.15, -0.1) is 0 Å². The minimum Gasteiger partial charge on any atom is -0.434 e. The lowest BCUT2D eigenvalue weighted by atomic mass is 10.2. The zero-order chi connectivity index (χ0) is 15.0. The molecular weight excluding hydrogens is 282 g/mol. The third-order valence-corrected chi connectivity index (χ3v) is 3.59. The first-order valence-electron chi connectivity index (χ1n) is 6.70. The summed E-state index contributed by atoms with van der Waals surface area (Å²) in [7, 11) is 0. The summed E-state index contributed by atoms with van der Waals surface area (Å²) in [5, 5.41) is 0. The van der Waals surface area contributed by atoms with Crippen LogP contribution in [-0.2, 0) is 11.3 Å². The zero-order valence-electron chi connectivity index (χ0n) is 11.2. The van der Waals surface area contributed by atoms with E-state index in [0.717, 1.165) is 17.7 Å². The van der Waals surface area contributed by atoms with E-state index in [1.54, 1.807) is 23.1 Å². The molecule has 2 fully saturated rings. The van der Waals surface area contributed by atoms with E-state index in [1.807, 2.05) is 0 Å². The third-order valence-electron chi connectivity index (χ3n) is 3.59. The summed E-state index contributed by atoms with van der Waals surface area (Å²) in [6.45, 7) is -2.93. The molecule has 5 nitrogen and oxygen atoms in total. The summed E-state index contributed by atoms with van der Waals surface area (Å²) >= 11 is 0. The molecule has 0 bridgehead atoms. The Hall–Kier alpha value is -2.18. The molecule has 3 amide bonds. The van der Waals surface area contributed by atoms with E-state index < -0.39 is 6.61 Å². The fourth-order valence-corrected chi connectivity index (χ4v) is 2.40. The molecule has 7 heteroatoms. The molecule has 1 aromatic carbocycles. The van der Waals surface area contributed by atoms with Gasteiger partial charge in [-0.3, -0.25) is 9.69 Å². The molecule has 1 aliphatic heterocycles. The van der Waals surface area contributed by atoms with Crippen LogP contribution in [0, 0.1) is 0 Å². The maximum atomic E-state index is 12.4. The molecule has 112 valence electrons. The number of carbonyl (C=O) groups excluding carboxylic acids is 2. The van der Waals surface area contributed by atoms with Crippen LogP contribution in [0.2, 0.25) is 0 Å². The molecule has 1 heterocycles. The highest BCUT2D eigenvalue weighted by Crippen LogP contribution is 2.31. The predicted molar refractivity (Wildman–Crippen MR) is 68.7 cm³/mol. The molecule has 1 saturated carbocycles. The van der Waals surface area contributed by atoms with Crippen molar-refractivity contribution >= 4 is 11.9 Å². The van der Waals surface area contributed by atoms with Gasteiger partial charge < -0.3 is 9.64 Å². The number of amides is 3. The second-order valence-electron chi connectivity index (χ2n) is 5.11. The van der Waals surface area contributed by atoms with E-state index >= 15 is 0 Å². The Morgan fingerprint density at radius 1 is 1.24 bits per heavy atom. The van der Waals surface area contributed by atoms with Crippen LogP contribution in [0.3, 0.4) is 0 Å². The number of nitrogens with zero attached hydrogens (tertiary/aromatic N) is 2. The highest BCUT2D eigenvalue weighted by atomic mass is 19.3. The Labute approximate surface area is 120 Å². The highest BCUT2D eigenvalue weighted by molar-refractivity contribution is 6.02. The SMILES string of the molecule is O=C1CN(C2CC2)C(=O)N1Cc1ccccc1OC(F)F. The number of ether oxygens (including phenoxy) is 1. The number of hydrogen-bond acceptors (Lipinski definition) is 3. The van der Waals surface area contributed by atoms with Gasteiger partial charge in [0.05, 0.1) is 6.54 Å². The van der Waals surface area contributed by atoms with Crippen LogP contribution in [-0.4, -0.2) is 40.9 Å². The average molecular weight is 296 g/mol. The topological polar surface area (TPSA) is 49.9 Å². The van der Waals surface area contributed by atoms with E-state index in [4.69, 9.17) is 0 Å². The summed E-state index contributed by atoms with van der Waals surface area (Å²) in [4.78, 5) is 26.7. The molecule has 0 N–H and O–H groups in total. The largest absolute Gasteiger partial charge is 0.434 e. The van der Waals surface area contributed by atoms with Crippen molar-refractivity contribution in [2.75, 3.05) is 6.54 Å². The minimum absolute atomic E-state index is 0.0158. The number of benzene rings is 1. The van der Waals surface area contributed by atoms with Gasteiger partial charge in [0.25, 0.3) is 5.91 Å². The van der Waals surface area contributed by atoms with Crippen LogP contribution < -0.4 is 4.74 Å². The van der Waals surface area contributed by atoms with Crippen molar-refractivity contribution < 1.29 is 23.1 Å². The van der Waals surface area contributed by atoms with Crippen LogP contribution >= 0.6 is 0 Å². The fraction of sp³-hybridized carbons (Fsp3) is 0.429. The van der Waals surface area contributed by atoms with Crippen molar-refractivity contribution in [3.8, 4) is 5.75 Å². The molecule has 0 aromatic heterocycles. The Bertz CT molecular complexity index is 575. The number of hydrogen-bond donors (Lipinski definition) is 0. The van der Waals surface area contributed by atoms with Gasteiger partial charge in [-0.1, -0.05) is 18.2 Å². The van der Waals surface area contributed by atoms with Crippen molar-refractivity contribution in [1.29, 1.82) is 0 Å². The van der Waals surface area contributed by atoms with Crippen LogP contribution in [0.4, 0.5) is 13.6 Å². The molecule has 1 aliphatic carbocycles. The lowest BCUT2D eigenvalue weighted by molar-refractivity contribution is -0.125. The van der Waals surface area contributed by atoms with Gasteiger partial charge in [-0.2, -0.15) is 8.78 Å². The Kier molecular flexibility index (Phi) is 3.48. The van der Waals surface area contributed by atoms with Crippen molar-refractivity contribution in [3.63, 3.8) is 0 Å². The summed E-state index contributed by atoms with van der Waals surface area (Å²) in [5.41, 5.74) is 0.386. The smallest absolute Gasteiger partial charge is 0.387 e. The number of rotatable bonds is 5. The van der Waals surface area contributed by atoms with Crippen LogP contribution in [0.1, 0.15) is 18.4 Å². The lowest BCUT2D eigenvalue weighted by Crippen LogP contribution is -2.33. The molecule has 1 aromatic rings. The number of carbonyl (C=O) groups is 2. The van der Waals surface area contributed by atoms with Gasteiger partial charge in [0.1, 0.15) is 12.3 Å². The number of imide groups is 1. The lowest BCUT2D eigenvalue weighted by Gasteiger charge is -2.18. The van der Waals surface area contributed by atoms with Crippen molar-refractivity contribution in [1.82, 2.24) is 9.80 Å². The molecule has 0 unspecified atom stereocenters. The highest BCUT2D eigenvalue weighted by Gasteiger charge is 2.43. The van der Waals surface area contributed by atoms with E-state index in [9.17, 15) is 18.4 Å². The van der Waals surface area contributed by atoms with Crippen molar-refractivity contribution in [2.45, 2.75) is 32.0 Å². The molecule has 0 spiro atoms. The van der Waals surface area contributed by atoms with Crippen LogP contribution in [0.25, 0.3) is 0 Å². The van der Waals surface area contributed by atoms with Gasteiger partial charge in [0.15, 0.2) is 0 Å². The molecular formula is C14H14F2N2O3.